The van der Waals surface area contributed by atoms with Gasteiger partial charge in [-0.15, -0.1) is 0 Å². The van der Waals surface area contributed by atoms with E-state index in [1.165, 1.54) is 38.8 Å². The van der Waals surface area contributed by atoms with E-state index in [1.54, 1.807) is 0 Å². The SMILES string of the molecule is CC1CCN(C(C)CNC(=O)N(C)CCN(C)C2CCN(C)CC2)CC1. The first-order valence-corrected chi connectivity index (χ1v) is 10.5. The van der Waals surface area contributed by atoms with Crippen LogP contribution >= 0.6 is 0 Å². The second-order valence-corrected chi connectivity index (χ2v) is 8.69. The van der Waals surface area contributed by atoms with Crippen LogP contribution in [0.3, 0.4) is 0 Å². The molecule has 2 saturated heterocycles. The number of nitrogens with zero attached hydrogens (tertiary/aromatic N) is 4. The van der Waals surface area contributed by atoms with E-state index in [-0.39, 0.29) is 6.03 Å². The van der Waals surface area contributed by atoms with Crippen molar-refractivity contribution in [1.82, 2.24) is 24.9 Å². The van der Waals surface area contributed by atoms with Crippen molar-refractivity contribution < 1.29 is 4.79 Å². The summed E-state index contributed by atoms with van der Waals surface area (Å²) in [6.07, 6.45) is 5.02. The highest BCUT2D eigenvalue weighted by molar-refractivity contribution is 5.73. The second-order valence-electron chi connectivity index (χ2n) is 8.69. The summed E-state index contributed by atoms with van der Waals surface area (Å²) in [4.78, 5) is 21.5. The van der Waals surface area contributed by atoms with E-state index >= 15 is 0 Å². The molecule has 1 unspecified atom stereocenters. The van der Waals surface area contributed by atoms with Gasteiger partial charge in [-0.25, -0.2) is 4.79 Å². The lowest BCUT2D eigenvalue weighted by atomic mass is 9.98. The van der Waals surface area contributed by atoms with Gasteiger partial charge in [-0.1, -0.05) is 6.92 Å². The number of likely N-dealkylation sites (N-methyl/N-ethyl adjacent to an activating group) is 2. The van der Waals surface area contributed by atoms with E-state index in [1.807, 2.05) is 11.9 Å². The van der Waals surface area contributed by atoms with Gasteiger partial charge >= 0.3 is 6.03 Å². The first kappa shape index (κ1) is 21.5. The van der Waals surface area contributed by atoms with Crippen molar-refractivity contribution in [3.63, 3.8) is 0 Å². The highest BCUT2D eigenvalue weighted by atomic mass is 16.2. The van der Waals surface area contributed by atoms with Crippen molar-refractivity contribution in [2.45, 2.75) is 51.6 Å². The summed E-state index contributed by atoms with van der Waals surface area (Å²) < 4.78 is 0. The quantitative estimate of drug-likeness (QED) is 0.745. The molecular formula is C20H41N5O. The van der Waals surface area contributed by atoms with Crippen LogP contribution in [0.5, 0.6) is 0 Å². The fraction of sp³-hybridized carbons (Fsp3) is 0.950. The zero-order valence-electron chi connectivity index (χ0n) is 17.7. The molecule has 2 aliphatic heterocycles. The molecule has 0 saturated carbocycles. The molecule has 6 nitrogen and oxygen atoms in total. The van der Waals surface area contributed by atoms with Crippen LogP contribution in [-0.4, -0.2) is 105 Å². The van der Waals surface area contributed by atoms with E-state index in [2.05, 4.69) is 48.0 Å². The van der Waals surface area contributed by atoms with Gasteiger partial charge in [0.2, 0.25) is 0 Å². The predicted octanol–water partition coefficient (Wildman–Crippen LogP) is 1.77. The Morgan fingerprint density at radius 3 is 2.31 bits per heavy atom. The molecule has 152 valence electrons. The van der Waals surface area contributed by atoms with Crippen LogP contribution in [0.15, 0.2) is 0 Å². The van der Waals surface area contributed by atoms with E-state index in [0.29, 0.717) is 12.1 Å². The number of likely N-dealkylation sites (tertiary alicyclic amines) is 2. The smallest absolute Gasteiger partial charge is 0.317 e. The molecule has 1 N–H and O–H groups in total. The fourth-order valence-corrected chi connectivity index (χ4v) is 4.00. The van der Waals surface area contributed by atoms with E-state index < -0.39 is 0 Å². The van der Waals surface area contributed by atoms with Crippen LogP contribution in [0.4, 0.5) is 4.79 Å². The lowest BCUT2D eigenvalue weighted by Crippen LogP contribution is -2.49. The number of rotatable bonds is 7. The number of piperidine rings is 2. The summed E-state index contributed by atoms with van der Waals surface area (Å²) in [6.45, 7) is 11.7. The van der Waals surface area contributed by atoms with Crippen molar-refractivity contribution in [2.24, 2.45) is 5.92 Å². The van der Waals surface area contributed by atoms with Gasteiger partial charge in [-0.2, -0.15) is 0 Å². The van der Waals surface area contributed by atoms with Crippen LogP contribution in [0.1, 0.15) is 39.5 Å². The molecule has 0 aromatic carbocycles. The highest BCUT2D eigenvalue weighted by Crippen LogP contribution is 2.17. The summed E-state index contributed by atoms with van der Waals surface area (Å²) in [5.41, 5.74) is 0. The van der Waals surface area contributed by atoms with Crippen molar-refractivity contribution >= 4 is 6.03 Å². The first-order valence-electron chi connectivity index (χ1n) is 10.5. The Kier molecular flexibility index (Phi) is 8.64. The molecule has 0 spiro atoms. The Balaban J connectivity index is 1.62. The van der Waals surface area contributed by atoms with Gasteiger partial charge in [0.15, 0.2) is 0 Å². The first-order chi connectivity index (χ1) is 12.4. The third-order valence-electron chi connectivity index (χ3n) is 6.44. The third-order valence-corrected chi connectivity index (χ3v) is 6.44. The molecule has 2 rings (SSSR count). The average Bonchev–Trinajstić information content (AvgIpc) is 2.64. The Morgan fingerprint density at radius 1 is 1.08 bits per heavy atom. The minimum Gasteiger partial charge on any atom is -0.336 e. The number of amides is 2. The zero-order chi connectivity index (χ0) is 19.1. The van der Waals surface area contributed by atoms with Gasteiger partial charge < -0.3 is 20.0 Å². The van der Waals surface area contributed by atoms with E-state index in [9.17, 15) is 4.79 Å². The molecule has 0 bridgehead atoms. The molecule has 2 fully saturated rings. The van der Waals surface area contributed by atoms with Crippen molar-refractivity contribution in [1.29, 1.82) is 0 Å². The van der Waals surface area contributed by atoms with Gasteiger partial charge in [-0.3, -0.25) is 4.90 Å². The molecule has 2 amide bonds. The number of urea groups is 1. The molecule has 0 aromatic heterocycles. The Hall–Kier alpha value is -0.850. The van der Waals surface area contributed by atoms with Crippen LogP contribution in [0.2, 0.25) is 0 Å². The summed E-state index contributed by atoms with van der Waals surface area (Å²) >= 11 is 0. The zero-order valence-corrected chi connectivity index (χ0v) is 17.7. The van der Waals surface area contributed by atoms with Gasteiger partial charge in [0.25, 0.3) is 0 Å². The number of nitrogens with one attached hydrogen (secondary N) is 1. The molecule has 0 aliphatic carbocycles. The molecule has 1 atom stereocenters. The third kappa shape index (κ3) is 6.71. The largest absolute Gasteiger partial charge is 0.336 e. The molecule has 0 aromatic rings. The monoisotopic (exact) mass is 367 g/mol. The number of carbonyl (C=O) groups excluding carboxylic acids is 1. The Morgan fingerprint density at radius 2 is 1.69 bits per heavy atom. The molecular weight excluding hydrogens is 326 g/mol. The lowest BCUT2D eigenvalue weighted by molar-refractivity contribution is 0.131. The van der Waals surface area contributed by atoms with Crippen molar-refractivity contribution in [2.75, 3.05) is 67.0 Å². The minimum absolute atomic E-state index is 0.0546. The molecule has 2 aliphatic rings. The average molecular weight is 368 g/mol. The summed E-state index contributed by atoms with van der Waals surface area (Å²) in [7, 11) is 6.30. The van der Waals surface area contributed by atoms with Gasteiger partial charge in [0.05, 0.1) is 0 Å². The van der Waals surface area contributed by atoms with Gasteiger partial charge in [0.1, 0.15) is 0 Å². The van der Waals surface area contributed by atoms with Crippen LogP contribution in [0, 0.1) is 5.92 Å². The standard InChI is InChI=1S/C20H41N5O/c1-17-6-12-25(13-7-17)18(2)16-21-20(26)24(5)15-14-23(4)19-8-10-22(3)11-9-19/h17-19H,6-16H2,1-5H3,(H,21,26). The van der Waals surface area contributed by atoms with Crippen molar-refractivity contribution in [3.8, 4) is 0 Å². The topological polar surface area (TPSA) is 42.1 Å². The van der Waals surface area contributed by atoms with Crippen LogP contribution in [0.25, 0.3) is 0 Å². The Bertz CT molecular complexity index is 416. The van der Waals surface area contributed by atoms with E-state index in [4.69, 9.17) is 0 Å². The minimum atomic E-state index is 0.0546. The number of hydrogen-bond acceptors (Lipinski definition) is 4. The lowest BCUT2D eigenvalue weighted by Gasteiger charge is -2.36. The van der Waals surface area contributed by atoms with Gasteiger partial charge in [0, 0.05) is 38.8 Å². The van der Waals surface area contributed by atoms with E-state index in [0.717, 1.165) is 38.6 Å². The molecule has 0 radical (unpaired) electrons. The molecule has 6 heteroatoms. The number of hydrogen-bond donors (Lipinski definition) is 1. The normalized spacial score (nSPS) is 22.5. The second kappa shape index (κ2) is 10.5. The maximum Gasteiger partial charge on any atom is 0.317 e. The molecule has 2 heterocycles. The summed E-state index contributed by atoms with van der Waals surface area (Å²) in [5.74, 6) is 0.848. The predicted molar refractivity (Wildman–Crippen MR) is 109 cm³/mol. The van der Waals surface area contributed by atoms with Crippen molar-refractivity contribution in [3.05, 3.63) is 0 Å². The maximum absolute atomic E-state index is 12.4. The van der Waals surface area contributed by atoms with Crippen LogP contribution < -0.4 is 5.32 Å². The molecule has 26 heavy (non-hydrogen) atoms. The fourth-order valence-electron chi connectivity index (χ4n) is 4.00. The summed E-state index contributed by atoms with van der Waals surface area (Å²) in [5, 5.41) is 3.12. The van der Waals surface area contributed by atoms with Gasteiger partial charge in [-0.05, 0) is 78.8 Å². The Labute approximate surface area is 160 Å². The summed E-state index contributed by atoms with van der Waals surface area (Å²) in [6, 6.07) is 1.13. The highest BCUT2D eigenvalue weighted by Gasteiger charge is 2.22. The number of carbonyl (C=O) groups is 1. The van der Waals surface area contributed by atoms with Crippen LogP contribution in [-0.2, 0) is 0 Å². The maximum atomic E-state index is 12.4.